The van der Waals surface area contributed by atoms with Gasteiger partial charge in [-0.25, -0.2) is 0 Å². The summed E-state index contributed by atoms with van der Waals surface area (Å²) in [5, 5.41) is 12.1. The maximum absolute atomic E-state index is 12.5. The molecule has 0 spiro atoms. The molecule has 470 valence electrons. The number of ether oxygens (including phenoxy) is 5. The maximum atomic E-state index is 12.5. The molecule has 3 aliphatic heterocycles. The Morgan fingerprint density at radius 1 is 0.483 bits per heavy atom. The van der Waals surface area contributed by atoms with Gasteiger partial charge in [-0.05, 0) is 179 Å². The van der Waals surface area contributed by atoms with Crippen LogP contribution in [0.5, 0.6) is 17.2 Å². The first-order valence-electron chi connectivity index (χ1n) is 28.1. The molecule has 6 aromatic rings. The van der Waals surface area contributed by atoms with E-state index >= 15 is 0 Å². The van der Waals surface area contributed by atoms with E-state index in [-0.39, 0.29) is 35.6 Å². The van der Waals surface area contributed by atoms with Crippen molar-refractivity contribution in [2.45, 2.75) is 149 Å². The summed E-state index contributed by atoms with van der Waals surface area (Å²) in [4.78, 5) is 38.3. The van der Waals surface area contributed by atoms with E-state index in [1.807, 2.05) is 81.7 Å². The molecule has 22 heteroatoms. The number of esters is 2. The van der Waals surface area contributed by atoms with Gasteiger partial charge in [-0.2, -0.15) is 0 Å². The van der Waals surface area contributed by atoms with Gasteiger partial charge < -0.3 is 43.9 Å². The highest BCUT2D eigenvalue weighted by molar-refractivity contribution is 9.10. The summed E-state index contributed by atoms with van der Waals surface area (Å²) in [5.74, 6) is -1.83. The van der Waals surface area contributed by atoms with Crippen molar-refractivity contribution in [3.8, 4) is 17.2 Å². The van der Waals surface area contributed by atoms with Crippen LogP contribution >= 0.6 is 15.9 Å². The fourth-order valence-electron chi connectivity index (χ4n) is 9.60. The highest BCUT2D eigenvalue weighted by Crippen LogP contribution is 2.33. The number of aryl methyl sites for hydroxylation is 3. The van der Waals surface area contributed by atoms with Crippen LogP contribution in [0.1, 0.15) is 111 Å². The number of nitrogens with one attached hydrogen (secondary N) is 1. The van der Waals surface area contributed by atoms with Crippen molar-refractivity contribution >= 4 is 45.2 Å². The minimum atomic E-state index is -4.71. The minimum absolute atomic E-state index is 0.0942. The van der Waals surface area contributed by atoms with Crippen molar-refractivity contribution in [2.75, 3.05) is 29.4 Å². The lowest BCUT2D eigenvalue weighted by Gasteiger charge is -2.31. The molecule has 0 radical (unpaired) electrons. The molecule has 87 heavy (non-hydrogen) atoms. The van der Waals surface area contributed by atoms with Gasteiger partial charge in [0.2, 0.25) is 0 Å². The number of carboxylic acids is 1. The van der Waals surface area contributed by atoms with E-state index in [1.54, 1.807) is 30.3 Å². The number of anilines is 2. The van der Waals surface area contributed by atoms with Crippen LogP contribution in [0.3, 0.4) is 0 Å². The lowest BCUT2D eigenvalue weighted by molar-refractivity contribution is -0.275. The van der Waals surface area contributed by atoms with E-state index < -0.39 is 36.3 Å². The summed E-state index contributed by atoms with van der Waals surface area (Å²) < 4.78 is 132. The van der Waals surface area contributed by atoms with E-state index in [4.69, 9.17) is 14.6 Å². The Balaban J connectivity index is 0.000000194. The number of fused-ring (bicyclic) bond motifs is 3. The third-order valence-electron chi connectivity index (χ3n) is 13.3. The van der Waals surface area contributed by atoms with E-state index in [0.717, 1.165) is 66.6 Å². The molecule has 0 amide bonds. The van der Waals surface area contributed by atoms with E-state index in [0.29, 0.717) is 67.7 Å². The predicted molar refractivity (Wildman–Crippen MR) is 316 cm³/mol. The lowest BCUT2D eigenvalue weighted by atomic mass is 9.95. The fraction of sp³-hybridized carbons (Fsp3) is 0.400. The zero-order valence-corrected chi connectivity index (χ0v) is 50.7. The van der Waals surface area contributed by atoms with Gasteiger partial charge >= 0.3 is 37.0 Å². The van der Waals surface area contributed by atoms with Gasteiger partial charge in [-0.15, -0.1) is 39.5 Å². The van der Waals surface area contributed by atoms with Crippen LogP contribution in [-0.4, -0.2) is 72.9 Å². The average Bonchev–Trinajstić information content (AvgIpc) is 1.43. The normalized spacial score (nSPS) is 13.9. The Hall–Kier alpha value is -7.46. The first-order valence-corrected chi connectivity index (χ1v) is 28.9. The smallest absolute Gasteiger partial charge is 0.481 e. The summed E-state index contributed by atoms with van der Waals surface area (Å²) in [7, 11) is 0. The van der Waals surface area contributed by atoms with E-state index in [1.165, 1.54) is 64.7 Å². The third-order valence-corrected chi connectivity index (χ3v) is 13.8. The summed E-state index contributed by atoms with van der Waals surface area (Å²) in [6, 6.07) is 36.2. The number of aliphatic carboxylic acids is 1. The minimum Gasteiger partial charge on any atom is -0.481 e. The second-order valence-electron chi connectivity index (χ2n) is 22.7. The van der Waals surface area contributed by atoms with E-state index in [2.05, 4.69) is 59.7 Å². The van der Waals surface area contributed by atoms with Crippen LogP contribution < -0.4 is 29.3 Å². The van der Waals surface area contributed by atoms with Gasteiger partial charge in [0.1, 0.15) is 28.5 Å². The molecule has 0 aliphatic carbocycles. The van der Waals surface area contributed by atoms with Crippen molar-refractivity contribution in [3.63, 3.8) is 0 Å². The number of carboxylic acid groups (broad SMARTS) is 1. The first kappa shape index (κ1) is 68.7. The number of benzene rings is 6. The molecule has 0 unspecified atom stereocenters. The van der Waals surface area contributed by atoms with Crippen molar-refractivity contribution < 1.29 is 82.7 Å². The second kappa shape index (κ2) is 30.4. The van der Waals surface area contributed by atoms with Crippen molar-refractivity contribution in [1.82, 2.24) is 5.32 Å². The zero-order valence-electron chi connectivity index (χ0n) is 49.1. The molecular weight excluding hydrogens is 1220 g/mol. The van der Waals surface area contributed by atoms with Crippen molar-refractivity contribution in [1.29, 1.82) is 0 Å². The standard InChI is InChI=1S/C23H26F3NO3.C19H18F3NO3.C16H23NO2.C7H4BrF3O/c1-22(2,3)30-21(28)10-8-16-7-9-18-15-27(12-11-17(18)13-16)19-5-4-6-20(14-19)29-23(24,25)26;20-19(21,22)26-17-3-1-2-16(11-17)23-9-8-14-10-13(5-7-18(24)25)4-6-15(14)12-23;1-16(2,3)19-15(18)7-5-12-4-6-14-11-17-9-8-13(14)10-12;8-5-2-1-3-6(4-5)12-7(9,10)11/h4-7,9,13-14H,8,10-12,15H2,1-3H3;1-4,6,10-11H,5,7-9,12H2,(H,24,25);4,6,10,17H,5,7-9,11H2,1-3H3;1-4H. The molecule has 0 bridgehead atoms. The lowest BCUT2D eigenvalue weighted by Crippen LogP contribution is -2.30. The molecule has 12 nitrogen and oxygen atoms in total. The molecule has 9 rings (SSSR count). The quantitative estimate of drug-likeness (QED) is 0.0794. The summed E-state index contributed by atoms with van der Waals surface area (Å²) >= 11 is 3.02. The van der Waals surface area contributed by atoms with Crippen molar-refractivity contribution in [3.05, 3.63) is 182 Å². The average molecular weight is 1290 g/mol. The number of alkyl halides is 9. The molecular formula is C65H71BrF9N3O9. The largest absolute Gasteiger partial charge is 0.573 e. The molecule has 6 aromatic carbocycles. The molecule has 0 saturated heterocycles. The van der Waals surface area contributed by atoms with Crippen molar-refractivity contribution in [2.24, 2.45) is 0 Å². The van der Waals surface area contributed by atoms with Crippen LogP contribution in [0.4, 0.5) is 50.9 Å². The van der Waals surface area contributed by atoms with Gasteiger partial charge in [0.15, 0.2) is 0 Å². The Labute approximate surface area is 509 Å². The molecule has 0 fully saturated rings. The summed E-state index contributed by atoms with van der Waals surface area (Å²) in [6.45, 7) is 15.8. The van der Waals surface area contributed by atoms with Gasteiger partial charge in [-0.1, -0.05) is 88.7 Å². The zero-order chi connectivity index (χ0) is 63.7. The Kier molecular flexibility index (Phi) is 24.0. The topological polar surface area (TPSA) is 136 Å². The molecule has 0 saturated carbocycles. The molecule has 0 atom stereocenters. The van der Waals surface area contributed by atoms with Crippen LogP contribution in [0.2, 0.25) is 0 Å². The van der Waals surface area contributed by atoms with Crippen LogP contribution in [0.25, 0.3) is 0 Å². The van der Waals surface area contributed by atoms with Crippen LogP contribution in [0, 0.1) is 0 Å². The molecule has 0 aromatic heterocycles. The molecule has 2 N–H and O–H groups in total. The number of hydrogen-bond acceptors (Lipinski definition) is 11. The monoisotopic (exact) mass is 1290 g/mol. The number of carbonyl (C=O) groups excluding carboxylic acids is 2. The Morgan fingerprint density at radius 3 is 1.25 bits per heavy atom. The first-order chi connectivity index (χ1) is 40.7. The number of carbonyl (C=O) groups is 3. The highest BCUT2D eigenvalue weighted by atomic mass is 79.9. The van der Waals surface area contributed by atoms with Gasteiger partial charge in [0.05, 0.1) is 0 Å². The predicted octanol–water partition coefficient (Wildman–Crippen LogP) is 15.5. The maximum Gasteiger partial charge on any atom is 0.573 e. The van der Waals surface area contributed by atoms with Crippen LogP contribution in [-0.2, 0) is 82.0 Å². The SMILES string of the molecule is CC(C)(C)OC(=O)CCc1ccc2c(c1)CCN(c1cccc(OC(F)(F)F)c1)C2.CC(C)(C)OC(=O)CCc1ccc2c(c1)CCNC2.FC(F)(F)Oc1cccc(Br)c1.O=C(O)CCc1ccc2c(c1)CCN(c1cccc(OC(F)(F)F)c1)C2. The summed E-state index contributed by atoms with van der Waals surface area (Å²) in [6.07, 6.45) is -8.69. The molecule has 3 aliphatic rings. The fourth-order valence-corrected chi connectivity index (χ4v) is 9.98. The molecule has 3 heterocycles. The van der Waals surface area contributed by atoms with Gasteiger partial charge in [-0.3, -0.25) is 14.4 Å². The highest BCUT2D eigenvalue weighted by Gasteiger charge is 2.33. The van der Waals surface area contributed by atoms with Gasteiger partial charge in [0, 0.05) is 80.0 Å². The Bertz CT molecular complexity index is 3270. The van der Waals surface area contributed by atoms with Gasteiger partial charge in [0.25, 0.3) is 0 Å². The van der Waals surface area contributed by atoms with Crippen LogP contribution in [0.15, 0.2) is 132 Å². The second-order valence-corrected chi connectivity index (χ2v) is 23.7. The number of rotatable bonds is 14. The third kappa shape index (κ3) is 25.4. The Morgan fingerprint density at radius 2 is 0.862 bits per heavy atom. The number of nitrogens with zero attached hydrogens (tertiary/aromatic N) is 2. The number of halogens is 10. The van der Waals surface area contributed by atoms with E-state index in [9.17, 15) is 53.9 Å². The summed E-state index contributed by atoms with van der Waals surface area (Å²) in [5.41, 5.74) is 11.2. The number of hydrogen-bond donors (Lipinski definition) is 2.